The molecule has 1 amide bonds. The lowest BCUT2D eigenvalue weighted by Gasteiger charge is -2.26. The number of benzene rings is 2. The molecule has 2 aromatic rings. The zero-order valence-corrected chi connectivity index (χ0v) is 12.8. The largest absolute Gasteiger partial charge is 0.338 e. The lowest BCUT2D eigenvalue weighted by atomic mass is 10.1. The van der Waals surface area contributed by atoms with Crippen LogP contribution in [0.3, 0.4) is 0 Å². The van der Waals surface area contributed by atoms with Crippen molar-refractivity contribution in [2.24, 2.45) is 5.73 Å². The molecule has 2 aromatic carbocycles. The van der Waals surface area contributed by atoms with Gasteiger partial charge in [-0.05, 0) is 24.3 Å². The fourth-order valence-corrected chi connectivity index (χ4v) is 2.73. The third-order valence-corrected chi connectivity index (χ3v) is 3.89. The molecule has 0 saturated carbocycles. The van der Waals surface area contributed by atoms with Gasteiger partial charge in [0, 0.05) is 17.8 Å². The van der Waals surface area contributed by atoms with E-state index in [-0.39, 0.29) is 34.7 Å². The zero-order chi connectivity index (χ0) is 18.1. The molecule has 0 aliphatic carbocycles. The molecule has 1 aliphatic heterocycles. The van der Waals surface area contributed by atoms with Gasteiger partial charge >= 0.3 is 0 Å². The second kappa shape index (κ2) is 6.45. The van der Waals surface area contributed by atoms with Crippen LogP contribution in [0.25, 0.3) is 0 Å². The number of amides is 1. The molecule has 1 aliphatic rings. The number of hydrogen-bond donors (Lipinski definition) is 2. The molecule has 25 heavy (non-hydrogen) atoms. The fourth-order valence-electron chi connectivity index (χ4n) is 2.73. The van der Waals surface area contributed by atoms with Crippen molar-refractivity contribution in [2.75, 3.05) is 16.8 Å². The van der Waals surface area contributed by atoms with Gasteiger partial charge in [0.25, 0.3) is 6.43 Å². The normalized spacial score (nSPS) is 16.9. The first-order valence-corrected chi connectivity index (χ1v) is 7.36. The molecule has 0 saturated heterocycles. The Kier molecular flexibility index (Phi) is 4.33. The predicted molar refractivity (Wildman–Crippen MR) is 86.1 cm³/mol. The van der Waals surface area contributed by atoms with E-state index in [1.807, 2.05) is 6.07 Å². The van der Waals surface area contributed by atoms with Crippen molar-refractivity contribution in [3.05, 3.63) is 53.3 Å². The second-order valence-corrected chi connectivity index (χ2v) is 5.56. The van der Waals surface area contributed by atoms with Gasteiger partial charge in [-0.25, -0.2) is 13.2 Å². The van der Waals surface area contributed by atoms with E-state index in [1.54, 1.807) is 0 Å². The van der Waals surface area contributed by atoms with Crippen LogP contribution in [0.4, 0.5) is 30.2 Å². The summed E-state index contributed by atoms with van der Waals surface area (Å²) in [5.41, 5.74) is 5.96. The summed E-state index contributed by atoms with van der Waals surface area (Å²) >= 11 is 0. The van der Waals surface area contributed by atoms with E-state index in [0.29, 0.717) is 0 Å². The highest BCUT2D eigenvalue weighted by Gasteiger charge is 2.30. The quantitative estimate of drug-likeness (QED) is 0.876. The maximum absolute atomic E-state index is 13.8. The third-order valence-electron chi connectivity index (χ3n) is 3.89. The van der Waals surface area contributed by atoms with Crippen LogP contribution >= 0.6 is 0 Å². The van der Waals surface area contributed by atoms with Gasteiger partial charge in [-0.1, -0.05) is 12.1 Å². The van der Waals surface area contributed by atoms with Crippen LogP contribution in [0, 0.1) is 17.1 Å². The molecule has 0 unspecified atom stereocenters. The third kappa shape index (κ3) is 3.14. The van der Waals surface area contributed by atoms with E-state index in [2.05, 4.69) is 5.32 Å². The van der Waals surface area contributed by atoms with E-state index in [1.165, 1.54) is 29.2 Å². The monoisotopic (exact) mass is 346 g/mol. The summed E-state index contributed by atoms with van der Waals surface area (Å²) in [5, 5.41) is 11.4. The van der Waals surface area contributed by atoms with Crippen LogP contribution in [0.15, 0.2) is 36.4 Å². The smallest absolute Gasteiger partial charge is 0.265 e. The standard InChI is InChI=1S/C17H13F3N4O/c18-10-4-9(7-21)5-11(6-10)24-8-13(22)17(25)23-15-12(16(19)20)2-1-3-14(15)24/h1-6,13,16H,8,22H2,(H,23,25)/t13-/m0/s1. The van der Waals surface area contributed by atoms with Crippen LogP contribution in [0.5, 0.6) is 0 Å². The summed E-state index contributed by atoms with van der Waals surface area (Å²) in [6, 6.07) is 8.57. The van der Waals surface area contributed by atoms with Gasteiger partial charge in [-0.3, -0.25) is 4.79 Å². The summed E-state index contributed by atoms with van der Waals surface area (Å²) in [5.74, 6) is -1.27. The highest BCUT2D eigenvalue weighted by Crippen LogP contribution is 2.40. The van der Waals surface area contributed by atoms with Crippen molar-refractivity contribution < 1.29 is 18.0 Å². The summed E-state index contributed by atoms with van der Waals surface area (Å²) < 4.78 is 40.5. The van der Waals surface area contributed by atoms with Crippen molar-refractivity contribution in [3.63, 3.8) is 0 Å². The molecule has 128 valence electrons. The van der Waals surface area contributed by atoms with Crippen molar-refractivity contribution in [2.45, 2.75) is 12.5 Å². The first kappa shape index (κ1) is 16.8. The second-order valence-electron chi connectivity index (χ2n) is 5.56. The number of nitrogens with two attached hydrogens (primary N) is 1. The molecule has 3 rings (SSSR count). The maximum Gasteiger partial charge on any atom is 0.265 e. The number of para-hydroxylation sites is 1. The van der Waals surface area contributed by atoms with E-state index < -0.39 is 24.2 Å². The molecule has 8 heteroatoms. The number of alkyl halides is 2. The first-order chi connectivity index (χ1) is 11.9. The predicted octanol–water partition coefficient (Wildman–Crippen LogP) is 3.05. The van der Waals surface area contributed by atoms with E-state index in [0.717, 1.165) is 12.1 Å². The Morgan fingerprint density at radius 3 is 2.76 bits per heavy atom. The number of carbonyl (C=O) groups is 1. The van der Waals surface area contributed by atoms with Crippen molar-refractivity contribution in [3.8, 4) is 6.07 Å². The molecule has 1 heterocycles. The molecule has 1 atom stereocenters. The average molecular weight is 346 g/mol. The number of nitriles is 1. The van der Waals surface area contributed by atoms with E-state index in [4.69, 9.17) is 11.0 Å². The lowest BCUT2D eigenvalue weighted by Crippen LogP contribution is -2.41. The summed E-state index contributed by atoms with van der Waals surface area (Å²) in [6.07, 6.45) is -2.81. The minimum absolute atomic E-state index is 0.0557. The molecular formula is C17H13F3N4O. The zero-order valence-electron chi connectivity index (χ0n) is 12.8. The molecular weight excluding hydrogens is 333 g/mol. The van der Waals surface area contributed by atoms with E-state index in [9.17, 15) is 18.0 Å². The van der Waals surface area contributed by atoms with Gasteiger partial charge in [0.2, 0.25) is 5.91 Å². The Morgan fingerprint density at radius 2 is 2.08 bits per heavy atom. The number of nitrogens with one attached hydrogen (secondary N) is 1. The average Bonchev–Trinajstić information content (AvgIpc) is 2.70. The molecule has 0 spiro atoms. The molecule has 0 radical (unpaired) electrons. The maximum atomic E-state index is 13.8. The lowest BCUT2D eigenvalue weighted by molar-refractivity contribution is -0.117. The number of carbonyl (C=O) groups excluding carboxylic acids is 1. The SMILES string of the molecule is N#Cc1cc(F)cc(N2C[C@H](N)C(=O)Nc3c(C(F)F)cccc32)c1. The number of nitrogens with zero attached hydrogens (tertiary/aromatic N) is 2. The van der Waals surface area contributed by atoms with Crippen molar-refractivity contribution in [1.29, 1.82) is 5.26 Å². The number of rotatable bonds is 2. The summed E-state index contributed by atoms with van der Waals surface area (Å²) in [7, 11) is 0. The van der Waals surface area contributed by atoms with Gasteiger partial charge < -0.3 is 16.0 Å². The topological polar surface area (TPSA) is 82.2 Å². The van der Waals surface area contributed by atoms with Crippen LogP contribution in [0.2, 0.25) is 0 Å². The highest BCUT2D eigenvalue weighted by molar-refractivity contribution is 6.01. The van der Waals surface area contributed by atoms with Crippen molar-refractivity contribution >= 4 is 23.0 Å². The minimum atomic E-state index is -2.81. The molecule has 0 bridgehead atoms. The van der Waals surface area contributed by atoms with Gasteiger partial charge in [-0.15, -0.1) is 0 Å². The highest BCUT2D eigenvalue weighted by atomic mass is 19.3. The van der Waals surface area contributed by atoms with Gasteiger partial charge in [0.1, 0.15) is 11.9 Å². The van der Waals surface area contributed by atoms with Crippen molar-refractivity contribution in [1.82, 2.24) is 0 Å². The van der Waals surface area contributed by atoms with Crippen LogP contribution < -0.4 is 16.0 Å². The Labute approximate surface area is 141 Å². The number of hydrogen-bond acceptors (Lipinski definition) is 4. The van der Waals surface area contributed by atoms with Crippen LogP contribution in [0.1, 0.15) is 17.6 Å². The van der Waals surface area contributed by atoms with Crippen LogP contribution in [-0.2, 0) is 4.79 Å². The van der Waals surface area contributed by atoms with Gasteiger partial charge in [0.05, 0.1) is 23.0 Å². The minimum Gasteiger partial charge on any atom is -0.338 e. The summed E-state index contributed by atoms with van der Waals surface area (Å²) in [6.45, 7) is -0.0557. The molecule has 5 nitrogen and oxygen atoms in total. The van der Waals surface area contributed by atoms with Gasteiger partial charge in [-0.2, -0.15) is 5.26 Å². The number of fused-ring (bicyclic) bond motifs is 1. The summed E-state index contributed by atoms with van der Waals surface area (Å²) in [4.78, 5) is 13.5. The Bertz CT molecular complexity index is 879. The Hall–Kier alpha value is -3.05. The molecule has 3 N–H and O–H groups in total. The molecule has 0 fully saturated rings. The molecule has 0 aromatic heterocycles. The van der Waals surface area contributed by atoms with Crippen LogP contribution in [-0.4, -0.2) is 18.5 Å². The van der Waals surface area contributed by atoms with E-state index >= 15 is 0 Å². The Morgan fingerprint density at radius 1 is 1.32 bits per heavy atom. The number of halogens is 3. The number of anilines is 3. The van der Waals surface area contributed by atoms with Gasteiger partial charge in [0.15, 0.2) is 0 Å². The first-order valence-electron chi connectivity index (χ1n) is 7.36. The fraction of sp³-hybridized carbons (Fsp3) is 0.176. The Balaban J connectivity index is 2.21.